The Morgan fingerprint density at radius 1 is 1.00 bits per heavy atom. The third kappa shape index (κ3) is 3.84. The SMILES string of the molecule is CCNCC(Oc1ccc(C)c(C)c1)c1ccccc1. The Balaban J connectivity index is 2.17. The second-order valence-corrected chi connectivity index (χ2v) is 5.07. The number of ether oxygens (including phenoxy) is 1. The molecule has 0 fully saturated rings. The third-order valence-electron chi connectivity index (χ3n) is 3.51. The topological polar surface area (TPSA) is 21.3 Å². The molecule has 2 aromatic carbocycles. The minimum Gasteiger partial charge on any atom is -0.484 e. The highest BCUT2D eigenvalue weighted by atomic mass is 16.5. The number of hydrogen-bond donors (Lipinski definition) is 1. The zero-order valence-electron chi connectivity index (χ0n) is 12.5. The van der Waals surface area contributed by atoms with E-state index in [4.69, 9.17) is 4.74 Å². The largest absolute Gasteiger partial charge is 0.484 e. The molecule has 0 saturated carbocycles. The molecule has 0 aromatic heterocycles. The van der Waals surface area contributed by atoms with Gasteiger partial charge in [0.1, 0.15) is 11.9 Å². The van der Waals surface area contributed by atoms with E-state index in [1.165, 1.54) is 16.7 Å². The van der Waals surface area contributed by atoms with Crippen LogP contribution in [0.4, 0.5) is 0 Å². The van der Waals surface area contributed by atoms with Crippen molar-refractivity contribution in [2.75, 3.05) is 13.1 Å². The minimum atomic E-state index is 0.0401. The molecule has 2 aromatic rings. The van der Waals surface area contributed by atoms with Crippen molar-refractivity contribution in [3.8, 4) is 5.75 Å². The molecule has 0 amide bonds. The van der Waals surface area contributed by atoms with Crippen LogP contribution in [0.5, 0.6) is 5.75 Å². The van der Waals surface area contributed by atoms with Crippen LogP contribution in [0.2, 0.25) is 0 Å². The maximum absolute atomic E-state index is 6.18. The highest BCUT2D eigenvalue weighted by molar-refractivity contribution is 5.34. The Kier molecular flexibility index (Phi) is 5.19. The molecule has 1 N–H and O–H groups in total. The predicted molar refractivity (Wildman–Crippen MR) is 84.3 cm³/mol. The first-order valence-corrected chi connectivity index (χ1v) is 7.20. The van der Waals surface area contributed by atoms with Crippen molar-refractivity contribution in [1.29, 1.82) is 0 Å². The maximum atomic E-state index is 6.18. The van der Waals surface area contributed by atoms with Gasteiger partial charge in [0.05, 0.1) is 0 Å². The molecule has 0 radical (unpaired) electrons. The third-order valence-corrected chi connectivity index (χ3v) is 3.51. The van der Waals surface area contributed by atoms with Crippen LogP contribution in [0.25, 0.3) is 0 Å². The van der Waals surface area contributed by atoms with Crippen molar-refractivity contribution in [1.82, 2.24) is 5.32 Å². The molecule has 2 heteroatoms. The summed E-state index contributed by atoms with van der Waals surface area (Å²) < 4.78 is 6.18. The second-order valence-electron chi connectivity index (χ2n) is 5.07. The molecule has 20 heavy (non-hydrogen) atoms. The lowest BCUT2D eigenvalue weighted by molar-refractivity contribution is 0.202. The quantitative estimate of drug-likeness (QED) is 0.854. The smallest absolute Gasteiger partial charge is 0.136 e. The maximum Gasteiger partial charge on any atom is 0.136 e. The molecule has 0 aliphatic heterocycles. The van der Waals surface area contributed by atoms with E-state index in [0.29, 0.717) is 0 Å². The van der Waals surface area contributed by atoms with Crippen molar-refractivity contribution in [2.45, 2.75) is 26.9 Å². The zero-order valence-corrected chi connectivity index (χ0v) is 12.5. The Hall–Kier alpha value is -1.80. The molecule has 1 atom stereocenters. The first kappa shape index (κ1) is 14.6. The summed E-state index contributed by atoms with van der Waals surface area (Å²) in [6.07, 6.45) is 0.0401. The van der Waals surface area contributed by atoms with Crippen molar-refractivity contribution >= 4 is 0 Å². The summed E-state index contributed by atoms with van der Waals surface area (Å²) in [4.78, 5) is 0. The first-order valence-electron chi connectivity index (χ1n) is 7.20. The van der Waals surface area contributed by atoms with Crippen molar-refractivity contribution in [3.63, 3.8) is 0 Å². The van der Waals surface area contributed by atoms with Crippen LogP contribution in [0.3, 0.4) is 0 Å². The number of hydrogen-bond acceptors (Lipinski definition) is 2. The highest BCUT2D eigenvalue weighted by Crippen LogP contribution is 2.23. The van der Waals surface area contributed by atoms with Crippen molar-refractivity contribution in [2.24, 2.45) is 0 Å². The van der Waals surface area contributed by atoms with Crippen LogP contribution in [0.15, 0.2) is 48.5 Å². The van der Waals surface area contributed by atoms with E-state index < -0.39 is 0 Å². The van der Waals surface area contributed by atoms with Crippen molar-refractivity contribution < 1.29 is 4.74 Å². The van der Waals surface area contributed by atoms with Gasteiger partial charge in [0.15, 0.2) is 0 Å². The predicted octanol–water partition coefficient (Wildman–Crippen LogP) is 4.03. The Morgan fingerprint density at radius 2 is 1.75 bits per heavy atom. The van der Waals surface area contributed by atoms with Gasteiger partial charge in [0.25, 0.3) is 0 Å². The molecule has 0 heterocycles. The second kappa shape index (κ2) is 7.11. The van der Waals surface area contributed by atoms with Crippen LogP contribution >= 0.6 is 0 Å². The summed E-state index contributed by atoms with van der Waals surface area (Å²) in [5.41, 5.74) is 3.75. The van der Waals surface area contributed by atoms with E-state index in [0.717, 1.165) is 18.8 Å². The van der Waals surface area contributed by atoms with Crippen molar-refractivity contribution in [3.05, 3.63) is 65.2 Å². The molecule has 2 nitrogen and oxygen atoms in total. The van der Waals surface area contributed by atoms with Gasteiger partial charge < -0.3 is 10.1 Å². The minimum absolute atomic E-state index is 0.0401. The summed E-state index contributed by atoms with van der Waals surface area (Å²) in [7, 11) is 0. The molecular weight excluding hydrogens is 246 g/mol. The number of rotatable bonds is 6. The first-order chi connectivity index (χ1) is 9.70. The fraction of sp³-hybridized carbons (Fsp3) is 0.333. The number of nitrogens with one attached hydrogen (secondary N) is 1. The number of aryl methyl sites for hydroxylation is 2. The summed E-state index contributed by atoms with van der Waals surface area (Å²) in [6.45, 7) is 8.10. The van der Waals surface area contributed by atoms with Crippen LogP contribution in [0, 0.1) is 13.8 Å². The summed E-state index contributed by atoms with van der Waals surface area (Å²) >= 11 is 0. The van der Waals surface area contributed by atoms with E-state index in [1.54, 1.807) is 0 Å². The number of benzene rings is 2. The van der Waals surface area contributed by atoms with E-state index in [1.807, 2.05) is 12.1 Å². The molecule has 0 aliphatic rings. The van der Waals surface area contributed by atoms with Gasteiger partial charge in [0.2, 0.25) is 0 Å². The van der Waals surface area contributed by atoms with Crippen LogP contribution in [-0.4, -0.2) is 13.1 Å². The Bertz CT molecular complexity index is 536. The lowest BCUT2D eigenvalue weighted by Crippen LogP contribution is -2.24. The highest BCUT2D eigenvalue weighted by Gasteiger charge is 2.12. The van der Waals surface area contributed by atoms with E-state index >= 15 is 0 Å². The molecule has 0 aliphatic carbocycles. The van der Waals surface area contributed by atoms with Gasteiger partial charge in [0, 0.05) is 6.54 Å². The van der Waals surface area contributed by atoms with Gasteiger partial charge >= 0.3 is 0 Å². The van der Waals surface area contributed by atoms with Crippen LogP contribution in [-0.2, 0) is 0 Å². The van der Waals surface area contributed by atoms with E-state index in [9.17, 15) is 0 Å². The molecular formula is C18H23NO. The molecule has 0 spiro atoms. The lowest BCUT2D eigenvalue weighted by atomic mass is 10.1. The summed E-state index contributed by atoms with van der Waals surface area (Å²) in [6, 6.07) is 16.6. The van der Waals surface area contributed by atoms with Gasteiger partial charge in [-0.05, 0) is 49.2 Å². The summed E-state index contributed by atoms with van der Waals surface area (Å²) in [5.74, 6) is 0.930. The van der Waals surface area contributed by atoms with Gasteiger partial charge in [-0.1, -0.05) is 43.3 Å². The zero-order chi connectivity index (χ0) is 14.4. The monoisotopic (exact) mass is 269 g/mol. The van der Waals surface area contributed by atoms with E-state index in [2.05, 4.69) is 62.5 Å². The fourth-order valence-corrected chi connectivity index (χ4v) is 2.12. The lowest BCUT2D eigenvalue weighted by Gasteiger charge is -2.20. The van der Waals surface area contributed by atoms with Gasteiger partial charge in [-0.2, -0.15) is 0 Å². The molecule has 0 saturated heterocycles. The normalized spacial score (nSPS) is 12.2. The van der Waals surface area contributed by atoms with Gasteiger partial charge in [-0.15, -0.1) is 0 Å². The molecule has 1 unspecified atom stereocenters. The Labute approximate surface area is 121 Å². The molecule has 2 rings (SSSR count). The number of likely N-dealkylation sites (N-methyl/N-ethyl adjacent to an activating group) is 1. The Morgan fingerprint density at radius 3 is 2.40 bits per heavy atom. The average molecular weight is 269 g/mol. The fourth-order valence-electron chi connectivity index (χ4n) is 2.12. The average Bonchev–Trinajstić information content (AvgIpc) is 2.48. The van der Waals surface area contributed by atoms with Crippen LogP contribution in [0.1, 0.15) is 29.7 Å². The standard InChI is InChI=1S/C18H23NO/c1-4-19-13-18(16-8-6-5-7-9-16)20-17-11-10-14(2)15(3)12-17/h5-12,18-19H,4,13H2,1-3H3. The molecule has 106 valence electrons. The molecule has 0 bridgehead atoms. The van der Waals surface area contributed by atoms with Crippen LogP contribution < -0.4 is 10.1 Å². The van der Waals surface area contributed by atoms with E-state index in [-0.39, 0.29) is 6.10 Å². The van der Waals surface area contributed by atoms with Gasteiger partial charge in [-0.25, -0.2) is 0 Å². The summed E-state index contributed by atoms with van der Waals surface area (Å²) in [5, 5.41) is 3.37. The van der Waals surface area contributed by atoms with Gasteiger partial charge in [-0.3, -0.25) is 0 Å².